The second-order valence-corrected chi connectivity index (χ2v) is 4.74. The summed E-state index contributed by atoms with van der Waals surface area (Å²) in [5.41, 5.74) is 2.55. The lowest BCUT2D eigenvalue weighted by Gasteiger charge is -2.05. The average molecular weight is 265 g/mol. The maximum Gasteiger partial charge on any atom is 0.251 e. The number of nitrogens with zero attached hydrogens (tertiary/aromatic N) is 2. The molecule has 1 aromatic heterocycles. The Kier molecular flexibility index (Phi) is 3.21. The summed E-state index contributed by atoms with van der Waals surface area (Å²) in [6.07, 6.45) is 1.93. The van der Waals surface area contributed by atoms with Crippen LogP contribution >= 0.6 is 0 Å². The van der Waals surface area contributed by atoms with Gasteiger partial charge in [0.1, 0.15) is 0 Å². The standard InChI is InChI=1S/C16H15N3O/c1-19-11-14-8-7-13(9-15(14)18-19)16(20)17-10-12-5-3-2-4-6-12/h2-9,11H,10H2,1H3,(H,17,20). The van der Waals surface area contributed by atoms with Gasteiger partial charge < -0.3 is 5.32 Å². The van der Waals surface area contributed by atoms with Crippen LogP contribution in [0.2, 0.25) is 0 Å². The highest BCUT2D eigenvalue weighted by Crippen LogP contribution is 2.14. The van der Waals surface area contributed by atoms with Crippen molar-refractivity contribution < 1.29 is 4.79 Å². The highest BCUT2D eigenvalue weighted by atomic mass is 16.1. The molecule has 0 aliphatic carbocycles. The van der Waals surface area contributed by atoms with Crippen LogP contribution in [0.4, 0.5) is 0 Å². The number of hydrogen-bond acceptors (Lipinski definition) is 2. The van der Waals surface area contributed by atoms with Crippen LogP contribution in [-0.2, 0) is 13.6 Å². The number of benzene rings is 2. The third-order valence-electron chi connectivity index (χ3n) is 3.18. The van der Waals surface area contributed by atoms with E-state index in [-0.39, 0.29) is 5.91 Å². The first-order valence-corrected chi connectivity index (χ1v) is 6.48. The van der Waals surface area contributed by atoms with E-state index >= 15 is 0 Å². The second kappa shape index (κ2) is 5.17. The molecule has 0 atom stereocenters. The fraction of sp³-hybridized carbons (Fsp3) is 0.125. The van der Waals surface area contributed by atoms with Gasteiger partial charge in [0.2, 0.25) is 0 Å². The molecular weight excluding hydrogens is 250 g/mol. The molecule has 0 spiro atoms. The van der Waals surface area contributed by atoms with Crippen LogP contribution in [0.3, 0.4) is 0 Å². The molecule has 3 aromatic rings. The molecule has 0 aliphatic heterocycles. The minimum atomic E-state index is -0.0820. The molecular formula is C16H15N3O. The lowest BCUT2D eigenvalue weighted by atomic mass is 10.1. The van der Waals surface area contributed by atoms with Crippen LogP contribution in [0.25, 0.3) is 10.9 Å². The largest absolute Gasteiger partial charge is 0.348 e. The Bertz CT molecular complexity index is 747. The van der Waals surface area contributed by atoms with E-state index in [1.54, 1.807) is 4.68 Å². The second-order valence-electron chi connectivity index (χ2n) is 4.74. The highest BCUT2D eigenvalue weighted by molar-refractivity contribution is 5.97. The van der Waals surface area contributed by atoms with E-state index in [9.17, 15) is 4.79 Å². The van der Waals surface area contributed by atoms with Crippen molar-refractivity contribution in [2.45, 2.75) is 6.54 Å². The molecule has 100 valence electrons. The number of carbonyl (C=O) groups excluding carboxylic acids is 1. The summed E-state index contributed by atoms with van der Waals surface area (Å²) in [7, 11) is 1.87. The van der Waals surface area contributed by atoms with Crippen molar-refractivity contribution in [1.82, 2.24) is 15.1 Å². The molecule has 3 rings (SSSR count). The van der Waals surface area contributed by atoms with Crippen molar-refractivity contribution in [3.05, 3.63) is 65.9 Å². The van der Waals surface area contributed by atoms with Crippen molar-refractivity contribution in [3.8, 4) is 0 Å². The van der Waals surface area contributed by atoms with E-state index in [0.717, 1.165) is 16.5 Å². The Balaban J connectivity index is 1.75. The van der Waals surface area contributed by atoms with Gasteiger partial charge in [-0.25, -0.2) is 0 Å². The lowest BCUT2D eigenvalue weighted by molar-refractivity contribution is 0.0951. The predicted octanol–water partition coefficient (Wildman–Crippen LogP) is 2.50. The molecule has 1 heterocycles. The highest BCUT2D eigenvalue weighted by Gasteiger charge is 2.07. The molecule has 0 saturated heterocycles. The van der Waals surface area contributed by atoms with Crippen molar-refractivity contribution in [2.75, 3.05) is 0 Å². The molecule has 0 saturated carbocycles. The summed E-state index contributed by atoms with van der Waals surface area (Å²) in [5.74, 6) is -0.0820. The number of fused-ring (bicyclic) bond motifs is 1. The summed E-state index contributed by atoms with van der Waals surface area (Å²) < 4.78 is 1.75. The molecule has 0 bridgehead atoms. The van der Waals surface area contributed by atoms with Crippen molar-refractivity contribution in [1.29, 1.82) is 0 Å². The minimum absolute atomic E-state index is 0.0820. The fourth-order valence-corrected chi connectivity index (χ4v) is 2.16. The van der Waals surface area contributed by atoms with Gasteiger partial charge in [0, 0.05) is 30.7 Å². The number of hydrogen-bond donors (Lipinski definition) is 1. The van der Waals surface area contributed by atoms with E-state index < -0.39 is 0 Å². The molecule has 0 unspecified atom stereocenters. The van der Waals surface area contributed by atoms with Crippen LogP contribution in [-0.4, -0.2) is 15.7 Å². The molecule has 20 heavy (non-hydrogen) atoms. The van der Waals surface area contributed by atoms with Gasteiger partial charge in [-0.05, 0) is 17.7 Å². The molecule has 1 N–H and O–H groups in total. The Morgan fingerprint density at radius 3 is 2.80 bits per heavy atom. The lowest BCUT2D eigenvalue weighted by Crippen LogP contribution is -2.22. The maximum atomic E-state index is 12.1. The van der Waals surface area contributed by atoms with Gasteiger partial charge in [0.15, 0.2) is 0 Å². The zero-order valence-electron chi connectivity index (χ0n) is 11.2. The van der Waals surface area contributed by atoms with E-state index in [2.05, 4.69) is 10.4 Å². The topological polar surface area (TPSA) is 46.9 Å². The third kappa shape index (κ3) is 2.54. The Morgan fingerprint density at radius 1 is 1.20 bits per heavy atom. The molecule has 4 nitrogen and oxygen atoms in total. The Morgan fingerprint density at radius 2 is 2.00 bits per heavy atom. The summed E-state index contributed by atoms with van der Waals surface area (Å²) in [6.45, 7) is 0.528. The number of amides is 1. The molecule has 0 radical (unpaired) electrons. The van der Waals surface area contributed by atoms with Crippen LogP contribution in [0.5, 0.6) is 0 Å². The van der Waals surface area contributed by atoms with Crippen LogP contribution in [0, 0.1) is 0 Å². The van der Waals surface area contributed by atoms with Crippen molar-refractivity contribution in [2.24, 2.45) is 7.05 Å². The zero-order valence-corrected chi connectivity index (χ0v) is 11.2. The van der Waals surface area contributed by atoms with Gasteiger partial charge >= 0.3 is 0 Å². The molecule has 0 fully saturated rings. The number of rotatable bonds is 3. The van der Waals surface area contributed by atoms with Crippen molar-refractivity contribution in [3.63, 3.8) is 0 Å². The first kappa shape index (κ1) is 12.4. The summed E-state index contributed by atoms with van der Waals surface area (Å²) in [5, 5.41) is 8.26. The fourth-order valence-electron chi connectivity index (χ4n) is 2.16. The van der Waals surface area contributed by atoms with E-state index in [1.165, 1.54) is 0 Å². The van der Waals surface area contributed by atoms with Gasteiger partial charge in [-0.1, -0.05) is 36.4 Å². The Hall–Kier alpha value is -2.62. The summed E-state index contributed by atoms with van der Waals surface area (Å²) >= 11 is 0. The van der Waals surface area contributed by atoms with Gasteiger partial charge in [-0.3, -0.25) is 9.48 Å². The molecule has 1 amide bonds. The van der Waals surface area contributed by atoms with E-state index in [0.29, 0.717) is 12.1 Å². The number of aromatic nitrogens is 2. The van der Waals surface area contributed by atoms with Gasteiger partial charge in [-0.15, -0.1) is 0 Å². The van der Waals surface area contributed by atoms with E-state index in [4.69, 9.17) is 0 Å². The normalized spacial score (nSPS) is 10.7. The molecule has 2 aromatic carbocycles. The van der Waals surface area contributed by atoms with Crippen LogP contribution < -0.4 is 5.32 Å². The van der Waals surface area contributed by atoms with Gasteiger partial charge in [0.25, 0.3) is 5.91 Å². The quantitative estimate of drug-likeness (QED) is 0.791. The third-order valence-corrected chi connectivity index (χ3v) is 3.18. The first-order chi connectivity index (χ1) is 9.72. The van der Waals surface area contributed by atoms with Crippen LogP contribution in [0.15, 0.2) is 54.7 Å². The Labute approximate surface area is 117 Å². The monoisotopic (exact) mass is 265 g/mol. The minimum Gasteiger partial charge on any atom is -0.348 e. The summed E-state index contributed by atoms with van der Waals surface area (Å²) in [4.78, 5) is 12.1. The van der Waals surface area contributed by atoms with Crippen molar-refractivity contribution >= 4 is 16.8 Å². The molecule has 0 aliphatic rings. The van der Waals surface area contributed by atoms with Crippen LogP contribution in [0.1, 0.15) is 15.9 Å². The van der Waals surface area contributed by atoms with E-state index in [1.807, 2.05) is 61.8 Å². The number of nitrogens with one attached hydrogen (secondary N) is 1. The van der Waals surface area contributed by atoms with Gasteiger partial charge in [-0.2, -0.15) is 5.10 Å². The number of carbonyl (C=O) groups is 1. The zero-order chi connectivity index (χ0) is 13.9. The average Bonchev–Trinajstić information content (AvgIpc) is 2.85. The molecule has 4 heteroatoms. The summed E-state index contributed by atoms with van der Waals surface area (Å²) in [6, 6.07) is 15.4. The number of aryl methyl sites for hydroxylation is 1. The SMILES string of the molecule is Cn1cc2ccc(C(=O)NCc3ccccc3)cc2n1. The first-order valence-electron chi connectivity index (χ1n) is 6.48. The predicted molar refractivity (Wildman–Crippen MR) is 78.3 cm³/mol. The maximum absolute atomic E-state index is 12.1. The smallest absolute Gasteiger partial charge is 0.251 e. The van der Waals surface area contributed by atoms with Gasteiger partial charge in [0.05, 0.1) is 5.52 Å².